The van der Waals surface area contributed by atoms with Gasteiger partial charge in [0.1, 0.15) is 29.2 Å². The van der Waals surface area contributed by atoms with Crippen molar-refractivity contribution >= 4 is 32.8 Å². The third-order valence-corrected chi connectivity index (χ3v) is 5.18. The number of rotatable bonds is 5. The molecule has 152 valence electrons. The van der Waals surface area contributed by atoms with E-state index in [9.17, 15) is 13.6 Å². The Bertz CT molecular complexity index is 1180. The van der Waals surface area contributed by atoms with E-state index in [1.807, 2.05) is 6.07 Å². The number of carbonyl (C=O) groups excluding carboxylic acids is 1. The molecule has 0 saturated heterocycles. The summed E-state index contributed by atoms with van der Waals surface area (Å²) >= 11 is 1.23. The Labute approximate surface area is 174 Å². The van der Waals surface area contributed by atoms with E-state index in [2.05, 4.69) is 10.3 Å². The molecule has 0 bridgehead atoms. The predicted molar refractivity (Wildman–Crippen MR) is 111 cm³/mol. The molecule has 3 aromatic carbocycles. The molecule has 1 unspecified atom stereocenters. The highest BCUT2D eigenvalue weighted by Gasteiger charge is 2.18. The molecule has 1 amide bonds. The van der Waals surface area contributed by atoms with E-state index in [0.717, 1.165) is 4.70 Å². The fourth-order valence-corrected chi connectivity index (χ4v) is 3.78. The molecule has 4 rings (SSSR count). The van der Waals surface area contributed by atoms with Crippen LogP contribution >= 0.6 is 11.3 Å². The van der Waals surface area contributed by atoms with Crippen molar-refractivity contribution in [3.05, 3.63) is 83.9 Å². The van der Waals surface area contributed by atoms with Crippen LogP contribution in [0.1, 0.15) is 18.6 Å². The first-order valence-corrected chi connectivity index (χ1v) is 9.86. The molecular weight excluding hydrogens is 410 g/mol. The van der Waals surface area contributed by atoms with Crippen molar-refractivity contribution in [1.29, 1.82) is 0 Å². The molecule has 30 heavy (non-hydrogen) atoms. The predicted octanol–water partition coefficient (Wildman–Crippen LogP) is 6.33. The highest BCUT2D eigenvalue weighted by atomic mass is 32.1. The Morgan fingerprint density at radius 1 is 1.00 bits per heavy atom. The number of para-hydroxylation sites is 1. The van der Waals surface area contributed by atoms with Crippen LogP contribution in [-0.4, -0.2) is 11.1 Å². The lowest BCUT2D eigenvalue weighted by Crippen LogP contribution is -2.16. The van der Waals surface area contributed by atoms with E-state index in [1.54, 1.807) is 49.4 Å². The number of anilines is 1. The number of benzene rings is 3. The highest BCUT2D eigenvalue weighted by molar-refractivity contribution is 7.22. The molecule has 5 nitrogen and oxygen atoms in total. The number of thiazole rings is 1. The molecule has 0 radical (unpaired) electrons. The Balaban J connectivity index is 1.48. The zero-order chi connectivity index (χ0) is 21.1. The van der Waals surface area contributed by atoms with Gasteiger partial charge in [-0.25, -0.2) is 18.6 Å². The van der Waals surface area contributed by atoms with Crippen molar-refractivity contribution in [1.82, 2.24) is 4.98 Å². The molecule has 0 aliphatic rings. The number of hydrogen-bond acceptors (Lipinski definition) is 5. The van der Waals surface area contributed by atoms with Crippen LogP contribution in [-0.2, 0) is 0 Å². The third-order valence-electron chi connectivity index (χ3n) is 4.24. The Hall–Kier alpha value is -3.52. The Morgan fingerprint density at radius 2 is 1.73 bits per heavy atom. The smallest absolute Gasteiger partial charge is 0.418 e. The number of aromatic nitrogens is 1. The van der Waals surface area contributed by atoms with Crippen molar-refractivity contribution in [3.63, 3.8) is 0 Å². The third kappa shape index (κ3) is 4.38. The molecule has 1 heterocycles. The maximum absolute atomic E-state index is 14.0. The monoisotopic (exact) mass is 426 g/mol. The topological polar surface area (TPSA) is 60.5 Å². The summed E-state index contributed by atoms with van der Waals surface area (Å²) < 4.78 is 39.6. The second-order valence-corrected chi connectivity index (χ2v) is 7.40. The minimum atomic E-state index is -0.824. The summed E-state index contributed by atoms with van der Waals surface area (Å²) in [5.74, 6) is -0.476. The number of hydrogen-bond donors (Lipinski definition) is 1. The Morgan fingerprint density at radius 3 is 2.47 bits per heavy atom. The second-order valence-electron chi connectivity index (χ2n) is 6.37. The number of carbonyl (C=O) groups is 1. The van der Waals surface area contributed by atoms with Crippen LogP contribution in [0.5, 0.6) is 11.5 Å². The van der Waals surface area contributed by atoms with Gasteiger partial charge in [0.15, 0.2) is 5.13 Å². The lowest BCUT2D eigenvalue weighted by molar-refractivity contribution is 0.215. The number of fused-ring (bicyclic) bond motifs is 1. The van der Waals surface area contributed by atoms with Gasteiger partial charge >= 0.3 is 6.09 Å². The van der Waals surface area contributed by atoms with Gasteiger partial charge < -0.3 is 9.47 Å². The zero-order valence-corrected chi connectivity index (χ0v) is 16.6. The summed E-state index contributed by atoms with van der Waals surface area (Å²) in [6, 6.07) is 17.4. The van der Waals surface area contributed by atoms with Crippen molar-refractivity contribution in [2.24, 2.45) is 0 Å². The van der Waals surface area contributed by atoms with E-state index in [4.69, 9.17) is 9.47 Å². The van der Waals surface area contributed by atoms with Gasteiger partial charge in [-0.05, 0) is 49.4 Å². The van der Waals surface area contributed by atoms with Gasteiger partial charge in [0, 0.05) is 0 Å². The summed E-state index contributed by atoms with van der Waals surface area (Å²) in [7, 11) is 0. The largest absolute Gasteiger partial charge is 0.486 e. The second kappa shape index (κ2) is 8.46. The lowest BCUT2D eigenvalue weighted by atomic mass is 10.1. The first kappa shape index (κ1) is 19.8. The molecule has 4 aromatic rings. The Kier molecular flexibility index (Phi) is 5.58. The van der Waals surface area contributed by atoms with Crippen LogP contribution in [0.4, 0.5) is 18.7 Å². The number of ether oxygens (including phenoxy) is 2. The quantitative estimate of drug-likeness (QED) is 0.405. The lowest BCUT2D eigenvalue weighted by Gasteiger charge is -2.16. The molecular formula is C22H16F2N2O3S. The van der Waals surface area contributed by atoms with Gasteiger partial charge in [0.05, 0.1) is 15.8 Å². The molecule has 0 saturated carbocycles. The van der Waals surface area contributed by atoms with Crippen LogP contribution < -0.4 is 14.8 Å². The van der Waals surface area contributed by atoms with Crippen LogP contribution in [0, 0.1) is 11.6 Å². The van der Waals surface area contributed by atoms with Crippen LogP contribution in [0.2, 0.25) is 0 Å². The normalized spacial score (nSPS) is 11.8. The standard InChI is InChI=1S/C22H16F2N2O3S/c1-13(20-16(23)8-5-9-17(20)24)28-15-10-11-18-19(12-15)30-21(25-18)26-22(27)29-14-6-3-2-4-7-14/h2-13H,1H3,(H,25,26,27). The molecule has 0 aliphatic heterocycles. The molecule has 0 spiro atoms. The molecule has 0 fully saturated rings. The van der Waals surface area contributed by atoms with Gasteiger partial charge in [0.25, 0.3) is 0 Å². The fraction of sp³-hybridized carbons (Fsp3) is 0.0909. The number of halogens is 2. The molecule has 1 aromatic heterocycles. The maximum Gasteiger partial charge on any atom is 0.418 e. The SMILES string of the molecule is CC(Oc1ccc2nc(NC(=O)Oc3ccccc3)sc2c1)c1c(F)cccc1F. The zero-order valence-electron chi connectivity index (χ0n) is 15.8. The average Bonchev–Trinajstić information content (AvgIpc) is 3.09. The number of nitrogens with one attached hydrogen (secondary N) is 1. The van der Waals surface area contributed by atoms with E-state index in [-0.39, 0.29) is 5.56 Å². The van der Waals surface area contributed by atoms with Crippen LogP contribution in [0.3, 0.4) is 0 Å². The molecule has 0 aliphatic carbocycles. The molecule has 1 N–H and O–H groups in total. The van der Waals surface area contributed by atoms with E-state index >= 15 is 0 Å². The summed E-state index contributed by atoms with van der Waals surface area (Å²) in [6.07, 6.45) is -1.48. The van der Waals surface area contributed by atoms with Gasteiger partial charge in [-0.1, -0.05) is 35.6 Å². The van der Waals surface area contributed by atoms with E-state index in [1.165, 1.54) is 29.5 Å². The van der Waals surface area contributed by atoms with Gasteiger partial charge in [-0.15, -0.1) is 0 Å². The summed E-state index contributed by atoms with van der Waals surface area (Å²) in [5.41, 5.74) is 0.514. The van der Waals surface area contributed by atoms with Crippen LogP contribution in [0.15, 0.2) is 66.7 Å². The maximum atomic E-state index is 14.0. The molecule has 8 heteroatoms. The highest BCUT2D eigenvalue weighted by Crippen LogP contribution is 2.32. The number of amides is 1. The van der Waals surface area contributed by atoms with Crippen molar-refractivity contribution in [3.8, 4) is 11.5 Å². The van der Waals surface area contributed by atoms with Gasteiger partial charge in [-0.2, -0.15) is 0 Å². The summed E-state index contributed by atoms with van der Waals surface area (Å²) in [4.78, 5) is 16.4. The van der Waals surface area contributed by atoms with Crippen molar-refractivity contribution < 1.29 is 23.0 Å². The van der Waals surface area contributed by atoms with Crippen molar-refractivity contribution in [2.75, 3.05) is 5.32 Å². The first-order valence-electron chi connectivity index (χ1n) is 9.04. The first-order chi connectivity index (χ1) is 14.5. The minimum absolute atomic E-state index is 0.132. The van der Waals surface area contributed by atoms with E-state index in [0.29, 0.717) is 22.1 Å². The minimum Gasteiger partial charge on any atom is -0.486 e. The van der Waals surface area contributed by atoms with Gasteiger partial charge in [0.2, 0.25) is 0 Å². The molecule has 1 atom stereocenters. The van der Waals surface area contributed by atoms with Gasteiger partial charge in [-0.3, -0.25) is 5.32 Å². The van der Waals surface area contributed by atoms with E-state index < -0.39 is 23.8 Å². The summed E-state index contributed by atoms with van der Waals surface area (Å²) in [6.45, 7) is 1.57. The number of nitrogens with zero attached hydrogens (tertiary/aromatic N) is 1. The van der Waals surface area contributed by atoms with Crippen LogP contribution in [0.25, 0.3) is 10.2 Å². The summed E-state index contributed by atoms with van der Waals surface area (Å²) in [5, 5.41) is 2.94. The average molecular weight is 426 g/mol. The van der Waals surface area contributed by atoms with Crippen molar-refractivity contribution in [2.45, 2.75) is 13.0 Å². The fourth-order valence-electron chi connectivity index (χ4n) is 2.90.